The average Bonchev–Trinajstić information content (AvgIpc) is 3.33. The van der Waals surface area contributed by atoms with Gasteiger partial charge in [-0.1, -0.05) is 38.5 Å². The van der Waals surface area contributed by atoms with E-state index >= 15 is 0 Å². The molecule has 0 aromatic carbocycles. The van der Waals surface area contributed by atoms with Crippen molar-refractivity contribution >= 4 is 22.9 Å². The second-order valence-electron chi connectivity index (χ2n) is 10.2. The normalized spacial score (nSPS) is 19.9. The zero-order chi connectivity index (χ0) is 25.7. The molecule has 2 heterocycles. The molecule has 2 saturated carbocycles. The number of rotatable bonds is 10. The molecule has 0 bridgehead atoms. The molecule has 1 unspecified atom stereocenters. The third-order valence-electron chi connectivity index (χ3n) is 7.84. The molecule has 36 heavy (non-hydrogen) atoms. The number of ether oxygens (including phenoxy) is 1. The zero-order valence-electron chi connectivity index (χ0n) is 21.1. The van der Waals surface area contributed by atoms with Crippen LogP contribution in [0.5, 0.6) is 0 Å². The highest BCUT2D eigenvalue weighted by atomic mass is 16.5. The molecule has 4 rings (SSSR count). The van der Waals surface area contributed by atoms with E-state index in [-0.39, 0.29) is 24.4 Å². The van der Waals surface area contributed by atoms with Crippen molar-refractivity contribution in [3.8, 4) is 0 Å². The number of aliphatic hydroxyl groups excluding tert-OH is 2. The highest BCUT2D eigenvalue weighted by Crippen LogP contribution is 2.48. The van der Waals surface area contributed by atoms with Gasteiger partial charge in [0.05, 0.1) is 12.9 Å². The lowest BCUT2D eigenvalue weighted by atomic mass is 9.66. The maximum atomic E-state index is 12.3. The van der Waals surface area contributed by atoms with Gasteiger partial charge >= 0.3 is 0 Å². The van der Waals surface area contributed by atoms with Gasteiger partial charge in [0.2, 0.25) is 0 Å². The number of anilines is 1. The standard InChI is InChI=1S/C25H40N6O5/c1-2-27-23(34)20(18(33)13-32)36-15-31-14-28-19-21(26)29-24(30-22(19)31)25(35,16-9-5-3-6-10-16)17-11-7-4-8-12-17/h14,16-18,20,32-33,35H,2-13,15H2,1H3,(H,27,34)(H2,26,29,30)/t18?,20-/m0/s1. The van der Waals surface area contributed by atoms with Gasteiger partial charge in [0.1, 0.15) is 24.0 Å². The van der Waals surface area contributed by atoms with Crippen LogP contribution in [0.3, 0.4) is 0 Å². The molecule has 2 aliphatic carbocycles. The SMILES string of the molecule is CCNC(=O)[C@@H](OCn1cnc2c(N)nc(C(O)(C3CCCCC3)C3CCCCC3)nc21)C(O)CO. The van der Waals surface area contributed by atoms with E-state index in [1.54, 1.807) is 11.5 Å². The monoisotopic (exact) mass is 504 g/mol. The number of imidazole rings is 1. The Morgan fingerprint density at radius 3 is 2.33 bits per heavy atom. The maximum absolute atomic E-state index is 12.3. The Bertz CT molecular complexity index is 1000. The number of nitrogens with two attached hydrogens (primary N) is 1. The molecule has 2 atom stereocenters. The van der Waals surface area contributed by atoms with E-state index in [1.807, 2.05) is 0 Å². The number of carbonyl (C=O) groups excluding carboxylic acids is 1. The summed E-state index contributed by atoms with van der Waals surface area (Å²) in [5.74, 6) is 0.140. The second-order valence-corrected chi connectivity index (χ2v) is 10.2. The number of amides is 1. The molecule has 0 spiro atoms. The smallest absolute Gasteiger partial charge is 0.252 e. The third-order valence-corrected chi connectivity index (χ3v) is 7.84. The number of nitrogens with one attached hydrogen (secondary N) is 1. The Kier molecular flexibility index (Phi) is 8.76. The lowest BCUT2D eigenvalue weighted by molar-refractivity contribution is -0.147. The van der Waals surface area contributed by atoms with Crippen LogP contribution in [0.4, 0.5) is 5.82 Å². The van der Waals surface area contributed by atoms with E-state index in [0.717, 1.165) is 51.4 Å². The van der Waals surface area contributed by atoms with Crippen LogP contribution in [0.15, 0.2) is 6.33 Å². The van der Waals surface area contributed by atoms with E-state index in [9.17, 15) is 20.1 Å². The maximum Gasteiger partial charge on any atom is 0.252 e. The van der Waals surface area contributed by atoms with Gasteiger partial charge in [-0.05, 0) is 44.4 Å². The van der Waals surface area contributed by atoms with Gasteiger partial charge in [-0.25, -0.2) is 15.0 Å². The number of hydrogen-bond donors (Lipinski definition) is 5. The van der Waals surface area contributed by atoms with Gasteiger partial charge < -0.3 is 31.1 Å². The topological polar surface area (TPSA) is 169 Å². The summed E-state index contributed by atoms with van der Waals surface area (Å²) < 4.78 is 7.28. The van der Waals surface area contributed by atoms with Gasteiger partial charge in [-0.3, -0.25) is 9.36 Å². The summed E-state index contributed by atoms with van der Waals surface area (Å²) in [6.07, 6.45) is 9.24. The summed E-state index contributed by atoms with van der Waals surface area (Å²) in [6, 6.07) is 0. The summed E-state index contributed by atoms with van der Waals surface area (Å²) in [5.41, 5.74) is 5.94. The summed E-state index contributed by atoms with van der Waals surface area (Å²) in [5, 5.41) is 34.4. The predicted molar refractivity (Wildman–Crippen MR) is 133 cm³/mol. The summed E-state index contributed by atoms with van der Waals surface area (Å²) >= 11 is 0. The minimum atomic E-state index is -1.38. The molecule has 2 aromatic rings. The molecule has 1 amide bonds. The number of likely N-dealkylation sites (N-methyl/N-ethyl adjacent to an activating group) is 1. The first kappa shape index (κ1) is 26.7. The largest absolute Gasteiger partial charge is 0.394 e. The molecular formula is C25H40N6O5. The number of carbonyl (C=O) groups is 1. The van der Waals surface area contributed by atoms with E-state index in [1.165, 1.54) is 19.2 Å². The average molecular weight is 505 g/mol. The Morgan fingerprint density at radius 1 is 1.17 bits per heavy atom. The summed E-state index contributed by atoms with van der Waals surface area (Å²) in [4.78, 5) is 26.1. The van der Waals surface area contributed by atoms with Gasteiger partial charge in [-0.2, -0.15) is 0 Å². The highest BCUT2D eigenvalue weighted by Gasteiger charge is 2.48. The van der Waals surface area contributed by atoms with Gasteiger partial charge in [0.15, 0.2) is 23.4 Å². The van der Waals surface area contributed by atoms with Gasteiger partial charge in [0, 0.05) is 6.54 Å². The third kappa shape index (κ3) is 5.34. The highest BCUT2D eigenvalue weighted by molar-refractivity contribution is 5.82. The minimum Gasteiger partial charge on any atom is -0.394 e. The fourth-order valence-electron chi connectivity index (χ4n) is 5.92. The first-order chi connectivity index (χ1) is 17.4. The first-order valence-corrected chi connectivity index (χ1v) is 13.3. The van der Waals surface area contributed by atoms with E-state index in [4.69, 9.17) is 15.5 Å². The number of hydrogen-bond acceptors (Lipinski definition) is 9. The first-order valence-electron chi connectivity index (χ1n) is 13.3. The van der Waals surface area contributed by atoms with Crippen LogP contribution in [-0.2, 0) is 21.9 Å². The molecular weight excluding hydrogens is 464 g/mol. The number of nitrogens with zero attached hydrogens (tertiary/aromatic N) is 4. The van der Waals surface area contributed by atoms with Gasteiger partial charge in [0.25, 0.3) is 5.91 Å². The molecule has 200 valence electrons. The van der Waals surface area contributed by atoms with Crippen molar-refractivity contribution in [1.29, 1.82) is 0 Å². The van der Waals surface area contributed by atoms with Crippen LogP contribution in [0, 0.1) is 11.8 Å². The second kappa shape index (κ2) is 11.8. The van der Waals surface area contributed by atoms with E-state index in [0.29, 0.717) is 23.5 Å². The molecule has 0 aliphatic heterocycles. The fourth-order valence-corrected chi connectivity index (χ4v) is 5.92. The Hall–Kier alpha value is -2.34. The van der Waals surface area contributed by atoms with E-state index < -0.39 is 30.3 Å². The van der Waals surface area contributed by atoms with Gasteiger partial charge in [-0.15, -0.1) is 0 Å². The molecule has 2 aromatic heterocycles. The molecule has 2 aliphatic rings. The molecule has 6 N–H and O–H groups in total. The quantitative estimate of drug-likeness (QED) is 0.322. The molecule has 11 nitrogen and oxygen atoms in total. The number of aliphatic hydroxyl groups is 3. The number of nitrogen functional groups attached to an aromatic ring is 1. The molecule has 11 heteroatoms. The lowest BCUT2D eigenvalue weighted by Crippen LogP contribution is -2.46. The number of aromatic nitrogens is 4. The molecule has 0 radical (unpaired) electrons. The van der Waals surface area contributed by atoms with Crippen molar-refractivity contribution in [3.05, 3.63) is 12.2 Å². The summed E-state index contributed by atoms with van der Waals surface area (Å²) in [6.45, 7) is 1.33. The number of fused-ring (bicyclic) bond motifs is 1. The summed E-state index contributed by atoms with van der Waals surface area (Å²) in [7, 11) is 0. The molecule has 0 saturated heterocycles. The Balaban J connectivity index is 1.68. The lowest BCUT2D eigenvalue weighted by Gasteiger charge is -2.44. The van der Waals surface area contributed by atoms with Crippen LogP contribution < -0.4 is 11.1 Å². The Labute approximate surface area is 211 Å². The predicted octanol–water partition coefficient (Wildman–Crippen LogP) is 1.59. The zero-order valence-corrected chi connectivity index (χ0v) is 21.1. The van der Waals surface area contributed by atoms with Crippen molar-refractivity contribution in [2.24, 2.45) is 11.8 Å². The van der Waals surface area contributed by atoms with Crippen molar-refractivity contribution in [2.45, 2.75) is 95.7 Å². The minimum absolute atomic E-state index is 0.0700. The van der Waals surface area contributed by atoms with E-state index in [2.05, 4.69) is 15.3 Å². The molecule has 2 fully saturated rings. The van der Waals surface area contributed by atoms with Crippen LogP contribution in [0.25, 0.3) is 11.2 Å². The van der Waals surface area contributed by atoms with Crippen molar-refractivity contribution in [1.82, 2.24) is 24.8 Å². The van der Waals surface area contributed by atoms with Crippen molar-refractivity contribution in [2.75, 3.05) is 18.9 Å². The fraction of sp³-hybridized carbons (Fsp3) is 0.760. The van der Waals surface area contributed by atoms with Crippen LogP contribution in [-0.4, -0.2) is 66.1 Å². The van der Waals surface area contributed by atoms with Crippen molar-refractivity contribution in [3.63, 3.8) is 0 Å². The Morgan fingerprint density at radius 2 is 1.78 bits per heavy atom. The van der Waals surface area contributed by atoms with Crippen molar-refractivity contribution < 1.29 is 24.9 Å². The van der Waals surface area contributed by atoms with Crippen LogP contribution in [0.1, 0.15) is 77.0 Å². The van der Waals surface area contributed by atoms with Crippen LogP contribution >= 0.6 is 0 Å². The van der Waals surface area contributed by atoms with Crippen LogP contribution in [0.2, 0.25) is 0 Å².